The average molecular weight is 294 g/mol. The molecule has 0 saturated carbocycles. The summed E-state index contributed by atoms with van der Waals surface area (Å²) in [5.41, 5.74) is 1.99. The van der Waals surface area contributed by atoms with E-state index in [0.717, 1.165) is 5.56 Å². The lowest BCUT2D eigenvalue weighted by Gasteiger charge is -2.02. The van der Waals surface area contributed by atoms with Gasteiger partial charge in [-0.2, -0.15) is 5.26 Å². The molecule has 0 aliphatic carbocycles. The molecule has 102 valence electrons. The highest BCUT2D eigenvalue weighted by Crippen LogP contribution is 2.21. The first-order valence-corrected chi connectivity index (χ1v) is 6.97. The quantitative estimate of drug-likeness (QED) is 0.693. The van der Waals surface area contributed by atoms with Crippen LogP contribution in [-0.4, -0.2) is 24.4 Å². The van der Waals surface area contributed by atoms with Gasteiger partial charge in [0.25, 0.3) is 0 Å². The third-order valence-corrected chi connectivity index (χ3v) is 3.46. The van der Waals surface area contributed by atoms with Crippen molar-refractivity contribution in [2.45, 2.75) is 0 Å². The molecule has 1 aromatic carbocycles. The lowest BCUT2D eigenvalue weighted by molar-refractivity contribution is 0.900. The second kappa shape index (κ2) is 5.64. The van der Waals surface area contributed by atoms with Crippen LogP contribution in [0.1, 0.15) is 11.5 Å². The van der Waals surface area contributed by atoms with E-state index in [9.17, 15) is 5.26 Å². The fourth-order valence-electron chi connectivity index (χ4n) is 1.93. The molecule has 3 rings (SSSR count). The van der Waals surface area contributed by atoms with Crippen molar-refractivity contribution in [1.29, 1.82) is 5.26 Å². The highest BCUT2D eigenvalue weighted by molar-refractivity contribution is 7.03. The van der Waals surface area contributed by atoms with Crippen molar-refractivity contribution in [3.8, 4) is 17.5 Å². The van der Waals surface area contributed by atoms with Gasteiger partial charge in [-0.05, 0) is 17.6 Å². The minimum atomic E-state index is 0.403. The van der Waals surface area contributed by atoms with Crippen molar-refractivity contribution in [2.24, 2.45) is 7.05 Å². The summed E-state index contributed by atoms with van der Waals surface area (Å²) < 4.78 is 5.57. The van der Waals surface area contributed by atoms with Crippen molar-refractivity contribution in [3.05, 3.63) is 47.2 Å². The van der Waals surface area contributed by atoms with Gasteiger partial charge in [0.05, 0.1) is 11.3 Å². The Morgan fingerprint density at radius 3 is 2.71 bits per heavy atom. The zero-order valence-corrected chi connectivity index (χ0v) is 11.9. The largest absolute Gasteiger partial charge is 0.310 e. The predicted molar refractivity (Wildman–Crippen MR) is 79.8 cm³/mol. The number of hydrogen-bond donors (Lipinski definition) is 0. The minimum absolute atomic E-state index is 0.403. The zero-order valence-electron chi connectivity index (χ0n) is 11.1. The summed E-state index contributed by atoms with van der Waals surface area (Å²) in [6.45, 7) is 0. The van der Waals surface area contributed by atoms with Crippen molar-refractivity contribution < 1.29 is 0 Å². The first-order valence-electron chi connectivity index (χ1n) is 6.13. The Balaban J connectivity index is 2.04. The second-order valence-corrected chi connectivity index (χ2v) is 4.88. The molecule has 2 heterocycles. The van der Waals surface area contributed by atoms with Gasteiger partial charge in [-0.1, -0.05) is 34.8 Å². The lowest BCUT2D eigenvalue weighted by Crippen LogP contribution is -1.98. The Kier molecular flexibility index (Phi) is 3.53. The van der Waals surface area contributed by atoms with E-state index in [2.05, 4.69) is 25.9 Å². The van der Waals surface area contributed by atoms with Gasteiger partial charge in [0.1, 0.15) is 6.07 Å². The summed E-state index contributed by atoms with van der Waals surface area (Å²) in [4.78, 5) is 0. The zero-order chi connectivity index (χ0) is 14.7. The van der Waals surface area contributed by atoms with Crippen LogP contribution in [0.25, 0.3) is 23.0 Å². The van der Waals surface area contributed by atoms with Crippen molar-refractivity contribution in [3.63, 3.8) is 0 Å². The van der Waals surface area contributed by atoms with Gasteiger partial charge in [0.15, 0.2) is 11.6 Å². The molecule has 2 aromatic heterocycles. The van der Waals surface area contributed by atoms with E-state index in [0.29, 0.717) is 22.9 Å². The Bertz CT molecular complexity index is 811. The van der Waals surface area contributed by atoms with Gasteiger partial charge in [0.2, 0.25) is 0 Å². The molecule has 3 aromatic rings. The first-order chi connectivity index (χ1) is 10.3. The van der Waals surface area contributed by atoms with Gasteiger partial charge in [0, 0.05) is 18.0 Å². The van der Waals surface area contributed by atoms with Crippen LogP contribution in [0.5, 0.6) is 0 Å². The second-order valence-electron chi connectivity index (χ2n) is 4.27. The van der Waals surface area contributed by atoms with Gasteiger partial charge < -0.3 is 4.57 Å². The third-order valence-electron chi connectivity index (χ3n) is 2.94. The molecular formula is C14H10N6S. The fraction of sp³-hybridized carbons (Fsp3) is 0.0714. The van der Waals surface area contributed by atoms with Crippen LogP contribution in [0.15, 0.2) is 35.7 Å². The number of hydrogen-bond acceptors (Lipinski definition) is 6. The molecule has 0 aliphatic rings. The molecule has 0 N–H and O–H groups in total. The minimum Gasteiger partial charge on any atom is -0.310 e. The predicted octanol–water partition coefficient (Wildman–Crippen LogP) is 2.40. The van der Waals surface area contributed by atoms with E-state index in [1.165, 1.54) is 11.5 Å². The molecule has 0 bridgehead atoms. The lowest BCUT2D eigenvalue weighted by atomic mass is 10.2. The Labute approximate surface area is 125 Å². The van der Waals surface area contributed by atoms with Crippen LogP contribution < -0.4 is 0 Å². The summed E-state index contributed by atoms with van der Waals surface area (Å²) >= 11 is 1.24. The van der Waals surface area contributed by atoms with Crippen LogP contribution in [0.4, 0.5) is 0 Å². The van der Waals surface area contributed by atoms with Crippen LogP contribution in [-0.2, 0) is 7.05 Å². The molecule has 0 spiro atoms. The number of benzene rings is 1. The molecule has 6 nitrogen and oxygen atoms in total. The molecule has 0 saturated heterocycles. The van der Waals surface area contributed by atoms with Gasteiger partial charge >= 0.3 is 0 Å². The van der Waals surface area contributed by atoms with Crippen LogP contribution >= 0.6 is 11.5 Å². The van der Waals surface area contributed by atoms with E-state index >= 15 is 0 Å². The molecule has 0 atom stereocenters. The molecule has 0 amide bonds. The number of nitrogens with zero attached hydrogens (tertiary/aromatic N) is 6. The summed E-state index contributed by atoms with van der Waals surface area (Å²) in [5.74, 6) is 1.22. The number of rotatable bonds is 3. The smallest absolute Gasteiger partial charge is 0.174 e. The molecule has 21 heavy (non-hydrogen) atoms. The Hall–Kier alpha value is -2.85. The van der Waals surface area contributed by atoms with Crippen LogP contribution in [0.2, 0.25) is 0 Å². The SMILES string of the molecule is Cn1c(/C(C#N)=C/c2csnn2)nnc1-c1ccccc1. The van der Waals surface area contributed by atoms with Crippen LogP contribution in [0.3, 0.4) is 0 Å². The highest BCUT2D eigenvalue weighted by atomic mass is 32.1. The third kappa shape index (κ3) is 2.57. The average Bonchev–Trinajstić information content (AvgIpc) is 3.15. The van der Waals surface area contributed by atoms with Crippen LogP contribution in [0, 0.1) is 11.3 Å². The molecule has 0 aliphatic heterocycles. The van der Waals surface area contributed by atoms with Crippen molar-refractivity contribution in [1.82, 2.24) is 24.4 Å². The molecule has 0 fully saturated rings. The molecular weight excluding hydrogens is 284 g/mol. The summed E-state index contributed by atoms with van der Waals surface area (Å²) in [6, 6.07) is 11.9. The maximum Gasteiger partial charge on any atom is 0.174 e. The fourth-order valence-corrected chi connectivity index (χ4v) is 2.34. The standard InChI is InChI=1S/C14H10N6S/c1-20-13(10-5-3-2-4-6-10)17-18-14(20)11(8-15)7-12-9-21-19-16-12/h2-7,9H,1H3/b11-7+. The maximum atomic E-state index is 9.34. The van der Waals surface area contributed by atoms with Crippen molar-refractivity contribution in [2.75, 3.05) is 0 Å². The van der Waals surface area contributed by atoms with Gasteiger partial charge in [-0.25, -0.2) is 0 Å². The summed E-state index contributed by atoms with van der Waals surface area (Å²) in [7, 11) is 1.84. The van der Waals surface area contributed by atoms with E-state index in [1.807, 2.05) is 37.4 Å². The summed E-state index contributed by atoms with van der Waals surface area (Å²) in [6.07, 6.45) is 1.66. The van der Waals surface area contributed by atoms with E-state index < -0.39 is 0 Å². The highest BCUT2D eigenvalue weighted by Gasteiger charge is 2.14. The molecule has 7 heteroatoms. The topological polar surface area (TPSA) is 80.3 Å². The normalized spacial score (nSPS) is 11.3. The molecule has 0 unspecified atom stereocenters. The Morgan fingerprint density at radius 1 is 1.24 bits per heavy atom. The van der Waals surface area contributed by atoms with E-state index in [1.54, 1.807) is 16.0 Å². The monoisotopic (exact) mass is 294 g/mol. The maximum absolute atomic E-state index is 9.34. The first kappa shape index (κ1) is 13.1. The number of allylic oxidation sites excluding steroid dienone is 1. The molecule has 0 radical (unpaired) electrons. The Morgan fingerprint density at radius 2 is 2.05 bits per heavy atom. The van der Waals surface area contributed by atoms with E-state index in [-0.39, 0.29) is 0 Å². The number of aromatic nitrogens is 5. The number of nitriles is 1. The van der Waals surface area contributed by atoms with E-state index in [4.69, 9.17) is 0 Å². The van der Waals surface area contributed by atoms with Gasteiger partial charge in [-0.3, -0.25) is 0 Å². The van der Waals surface area contributed by atoms with Gasteiger partial charge in [-0.15, -0.1) is 15.3 Å². The van der Waals surface area contributed by atoms with Crippen molar-refractivity contribution >= 4 is 23.2 Å². The summed E-state index contributed by atoms with van der Waals surface area (Å²) in [5, 5.41) is 23.3.